The number of amides is 1. The fourth-order valence-electron chi connectivity index (χ4n) is 2.64. The molecule has 13 heteroatoms. The number of ether oxygens (including phenoxy) is 1. The molecule has 0 bridgehead atoms. The molecule has 4 N–H and O–H groups in total. The zero-order chi connectivity index (χ0) is 24.8. The van der Waals surface area contributed by atoms with Crippen molar-refractivity contribution in [2.45, 2.75) is 6.10 Å². The maximum Gasteiger partial charge on any atom is 0.392 e. The lowest BCUT2D eigenvalue weighted by atomic mass is 10.1. The first-order valence-corrected chi connectivity index (χ1v) is 9.91. The van der Waals surface area contributed by atoms with Gasteiger partial charge in [0, 0.05) is 17.3 Å². The van der Waals surface area contributed by atoms with Gasteiger partial charge in [0.15, 0.2) is 23.4 Å². The minimum atomic E-state index is -1.31. The van der Waals surface area contributed by atoms with Gasteiger partial charge >= 0.3 is 14.0 Å². The highest BCUT2D eigenvalue weighted by atomic mass is 35.5. The molecule has 1 heterocycles. The molecule has 0 unspecified atom stereocenters. The summed E-state index contributed by atoms with van der Waals surface area (Å²) in [6.45, 7) is 0. The highest BCUT2D eigenvalue weighted by Gasteiger charge is 2.23. The second-order valence-corrected chi connectivity index (χ2v) is 7.22. The van der Waals surface area contributed by atoms with Crippen LogP contribution >= 0.6 is 23.2 Å². The van der Waals surface area contributed by atoms with Crippen LogP contribution in [0.5, 0.6) is 5.75 Å². The zero-order valence-corrected chi connectivity index (χ0v) is 18.4. The lowest BCUT2D eigenvalue weighted by Crippen LogP contribution is -2.16. The molecule has 1 atom stereocenters. The van der Waals surface area contributed by atoms with E-state index in [1.165, 1.54) is 36.4 Å². The van der Waals surface area contributed by atoms with E-state index < -0.39 is 23.8 Å². The Labute approximate surface area is 203 Å². The smallest absolute Gasteiger partial charge is 0.392 e. The van der Waals surface area contributed by atoms with Crippen LogP contribution in [0, 0.1) is 17.8 Å². The molecular weight excluding hydrogens is 489 g/mol. The zero-order valence-electron chi connectivity index (χ0n) is 16.9. The van der Waals surface area contributed by atoms with Crippen molar-refractivity contribution in [2.24, 2.45) is 0 Å². The Morgan fingerprint density at radius 2 is 1.88 bits per heavy atom. The highest BCUT2D eigenvalue weighted by molar-refractivity contribution is 6.36. The molecule has 0 fully saturated rings. The SMILES string of the molecule is [B]OC#C[C@@H](Oc1cc(C(=O)Nc2ccc(C(=O)O)cc2)nnc1N)c1c(Cl)ccc(F)c1Cl. The normalized spacial score (nSPS) is 11.0. The summed E-state index contributed by atoms with van der Waals surface area (Å²) in [5.74, 6) is -0.482. The summed E-state index contributed by atoms with van der Waals surface area (Å²) in [5, 5.41) is 18.6. The standard InChI is InChI=1S/C21H12BCl2FN4O5/c22-33-8-7-15(17-12(23)5-6-13(25)18(17)24)34-16-9-14(28-29-19(16)26)20(30)27-11-3-1-10(2-4-11)21(31)32/h1-6,9,15H,(H2,26,29)(H,27,30)(H,31,32)/t15-/m1/s1. The summed E-state index contributed by atoms with van der Waals surface area (Å²) in [5.41, 5.74) is 5.93. The molecule has 0 aliphatic heterocycles. The van der Waals surface area contributed by atoms with Crippen LogP contribution in [0.1, 0.15) is 32.5 Å². The van der Waals surface area contributed by atoms with Gasteiger partial charge in [0.2, 0.25) is 0 Å². The van der Waals surface area contributed by atoms with Crippen LogP contribution in [-0.2, 0) is 4.65 Å². The van der Waals surface area contributed by atoms with Crippen molar-refractivity contribution in [1.29, 1.82) is 0 Å². The van der Waals surface area contributed by atoms with Gasteiger partial charge in [-0.15, -0.1) is 10.2 Å². The Morgan fingerprint density at radius 3 is 2.53 bits per heavy atom. The number of nitrogens with one attached hydrogen (secondary N) is 1. The van der Waals surface area contributed by atoms with Crippen molar-refractivity contribution in [2.75, 3.05) is 11.1 Å². The van der Waals surface area contributed by atoms with Crippen LogP contribution in [0.2, 0.25) is 10.0 Å². The van der Waals surface area contributed by atoms with Crippen LogP contribution in [0.15, 0.2) is 42.5 Å². The van der Waals surface area contributed by atoms with E-state index in [0.29, 0.717) is 5.69 Å². The number of aromatic carboxylic acids is 1. The molecule has 1 aromatic heterocycles. The average Bonchev–Trinajstić information content (AvgIpc) is 2.81. The molecule has 9 nitrogen and oxygen atoms in total. The predicted octanol–water partition coefficient (Wildman–Crippen LogP) is 3.64. The van der Waals surface area contributed by atoms with E-state index in [-0.39, 0.29) is 38.4 Å². The van der Waals surface area contributed by atoms with E-state index in [1.807, 2.05) is 0 Å². The summed E-state index contributed by atoms with van der Waals surface area (Å²) >= 11 is 12.2. The summed E-state index contributed by atoms with van der Waals surface area (Å²) in [6.07, 6.45) is 0.793. The third kappa shape index (κ3) is 5.67. The van der Waals surface area contributed by atoms with Gasteiger partial charge in [0.25, 0.3) is 5.91 Å². The van der Waals surface area contributed by atoms with E-state index >= 15 is 0 Å². The van der Waals surface area contributed by atoms with E-state index in [1.54, 1.807) is 0 Å². The number of nitrogen functional groups attached to an aromatic ring is 1. The third-order valence-corrected chi connectivity index (χ3v) is 4.96. The van der Waals surface area contributed by atoms with Crippen LogP contribution in [0.3, 0.4) is 0 Å². The molecule has 3 rings (SSSR count). The van der Waals surface area contributed by atoms with E-state index in [2.05, 4.69) is 32.2 Å². The number of hydrogen-bond acceptors (Lipinski definition) is 7. The minimum absolute atomic E-state index is 0.0334. The van der Waals surface area contributed by atoms with Crippen molar-refractivity contribution < 1.29 is 28.5 Å². The van der Waals surface area contributed by atoms with Crippen LogP contribution in [0.4, 0.5) is 15.9 Å². The number of nitrogens with zero attached hydrogens (tertiary/aromatic N) is 2. The molecule has 2 radical (unpaired) electrons. The number of halogens is 3. The van der Waals surface area contributed by atoms with E-state index in [0.717, 1.165) is 6.07 Å². The number of carboxylic acid groups (broad SMARTS) is 1. The maximum atomic E-state index is 14.0. The molecule has 34 heavy (non-hydrogen) atoms. The Kier molecular flexibility index (Phi) is 7.78. The summed E-state index contributed by atoms with van der Waals surface area (Å²) < 4.78 is 24.0. The van der Waals surface area contributed by atoms with Crippen molar-refractivity contribution in [3.8, 4) is 17.8 Å². The third-order valence-electron chi connectivity index (χ3n) is 4.24. The second kappa shape index (κ2) is 10.7. The molecule has 2 aromatic carbocycles. The molecule has 170 valence electrons. The summed E-state index contributed by atoms with van der Waals surface area (Å²) in [7, 11) is 4.95. The first-order valence-electron chi connectivity index (χ1n) is 9.15. The number of anilines is 2. The summed E-state index contributed by atoms with van der Waals surface area (Å²) in [4.78, 5) is 23.5. The topological polar surface area (TPSA) is 137 Å². The molecule has 0 aliphatic carbocycles. The quantitative estimate of drug-likeness (QED) is 0.265. The fraction of sp³-hybridized carbons (Fsp3) is 0.0476. The monoisotopic (exact) mass is 500 g/mol. The number of carbonyl (C=O) groups is 2. The number of carbonyl (C=O) groups excluding carboxylic acids is 1. The number of nitrogens with two attached hydrogens (primary N) is 1. The molecule has 0 aliphatic rings. The lowest BCUT2D eigenvalue weighted by Gasteiger charge is -2.18. The van der Waals surface area contributed by atoms with Crippen LogP contribution in [0.25, 0.3) is 0 Å². The first-order chi connectivity index (χ1) is 16.2. The second-order valence-electron chi connectivity index (χ2n) is 6.43. The van der Waals surface area contributed by atoms with E-state index in [4.69, 9.17) is 46.8 Å². The van der Waals surface area contributed by atoms with Gasteiger partial charge in [-0.3, -0.25) is 4.79 Å². The van der Waals surface area contributed by atoms with Gasteiger partial charge in [-0.2, -0.15) is 0 Å². The van der Waals surface area contributed by atoms with Gasteiger partial charge in [-0.1, -0.05) is 23.2 Å². The Bertz CT molecular complexity index is 1310. The Morgan fingerprint density at radius 1 is 1.18 bits per heavy atom. The van der Waals surface area contributed by atoms with Crippen molar-refractivity contribution >= 4 is 54.6 Å². The number of benzene rings is 2. The molecule has 1 amide bonds. The number of hydrogen-bond donors (Lipinski definition) is 3. The molecule has 0 saturated heterocycles. The Balaban J connectivity index is 1.90. The number of carboxylic acids is 1. The lowest BCUT2D eigenvalue weighted by molar-refractivity contribution is 0.0696. The molecule has 0 saturated carbocycles. The summed E-state index contributed by atoms with van der Waals surface area (Å²) in [6, 6.07) is 8.91. The highest BCUT2D eigenvalue weighted by Crippen LogP contribution is 2.36. The van der Waals surface area contributed by atoms with Crippen molar-refractivity contribution in [3.05, 3.63) is 75.1 Å². The molecular formula is C21H12BCl2FN4O5. The number of rotatable bonds is 6. The molecule has 3 aromatic rings. The van der Waals surface area contributed by atoms with Gasteiger partial charge in [-0.05, 0) is 42.3 Å². The Hall–Kier alpha value is -4.01. The minimum Gasteiger partial charge on any atom is -0.527 e. The van der Waals surface area contributed by atoms with Crippen LogP contribution < -0.4 is 15.8 Å². The van der Waals surface area contributed by atoms with Gasteiger partial charge < -0.3 is 25.5 Å². The number of aromatic nitrogens is 2. The molecule has 0 spiro atoms. The first kappa shape index (κ1) is 24.6. The fourth-order valence-corrected chi connectivity index (χ4v) is 3.21. The van der Waals surface area contributed by atoms with Crippen molar-refractivity contribution in [1.82, 2.24) is 10.2 Å². The average molecular weight is 501 g/mol. The largest absolute Gasteiger partial charge is 0.527 e. The van der Waals surface area contributed by atoms with Gasteiger partial charge in [-0.25, -0.2) is 9.18 Å². The predicted molar refractivity (Wildman–Crippen MR) is 122 cm³/mol. The maximum absolute atomic E-state index is 14.0. The van der Waals surface area contributed by atoms with Crippen LogP contribution in [-0.4, -0.2) is 35.2 Å². The van der Waals surface area contributed by atoms with Gasteiger partial charge in [0.1, 0.15) is 5.82 Å². The van der Waals surface area contributed by atoms with E-state index in [9.17, 15) is 14.0 Å². The van der Waals surface area contributed by atoms with Gasteiger partial charge in [0.05, 0.1) is 21.7 Å². The van der Waals surface area contributed by atoms with Crippen molar-refractivity contribution in [3.63, 3.8) is 0 Å².